The van der Waals surface area contributed by atoms with Gasteiger partial charge in [0.05, 0.1) is 26.4 Å². The van der Waals surface area contributed by atoms with Crippen molar-refractivity contribution in [1.82, 2.24) is 0 Å². The van der Waals surface area contributed by atoms with Gasteiger partial charge in [-0.3, -0.25) is 0 Å². The van der Waals surface area contributed by atoms with Crippen molar-refractivity contribution >= 4 is 37.9 Å². The van der Waals surface area contributed by atoms with Crippen LogP contribution in [0.4, 0.5) is 0 Å². The molecule has 0 unspecified atom stereocenters. The Morgan fingerprint density at radius 1 is 0.474 bits per heavy atom. The van der Waals surface area contributed by atoms with E-state index in [2.05, 4.69) is 0 Å². The average Bonchev–Trinajstić information content (AvgIpc) is 3.55. The van der Waals surface area contributed by atoms with E-state index in [1.807, 2.05) is 27.7 Å². The number of ether oxygens (including phenoxy) is 4. The van der Waals surface area contributed by atoms with E-state index in [-0.39, 0.29) is 26.4 Å². The van der Waals surface area contributed by atoms with Crippen molar-refractivity contribution in [3.8, 4) is 0 Å². The Bertz CT molecular complexity index is 645. The molecule has 0 spiro atoms. The van der Waals surface area contributed by atoms with Gasteiger partial charge in [-0.05, 0) is 25.7 Å². The molecule has 0 aromatic heterocycles. The molecule has 0 aromatic carbocycles. The summed E-state index contributed by atoms with van der Waals surface area (Å²) in [5.41, 5.74) is 0. The molecule has 38 heavy (non-hydrogen) atoms. The first kappa shape index (κ1) is 32.1. The van der Waals surface area contributed by atoms with Crippen LogP contribution in [0.2, 0.25) is 0 Å². The second kappa shape index (κ2) is 17.4. The van der Waals surface area contributed by atoms with E-state index < -0.39 is 62.3 Å². The second-order valence-electron chi connectivity index (χ2n) is 9.05. The van der Waals surface area contributed by atoms with Gasteiger partial charge in [-0.15, -0.1) is 0 Å². The maximum absolute atomic E-state index is 12.7. The first-order valence-corrected chi connectivity index (χ1v) is 13.7. The quantitative estimate of drug-likeness (QED) is 0.115. The lowest BCUT2D eigenvalue weighted by Crippen LogP contribution is -2.41. The van der Waals surface area contributed by atoms with Gasteiger partial charge >= 0.3 is 37.9 Å². The van der Waals surface area contributed by atoms with Crippen LogP contribution < -0.4 is 0 Å². The van der Waals surface area contributed by atoms with Crippen LogP contribution in [0.15, 0.2) is 0 Å². The minimum Gasteiger partial charge on any atom is -0.464 e. The molecule has 2 aliphatic heterocycles. The van der Waals surface area contributed by atoms with Crippen molar-refractivity contribution in [2.24, 2.45) is 0 Å². The average molecular weight is 542 g/mol. The molecule has 4 atom stereocenters. The van der Waals surface area contributed by atoms with E-state index in [0.717, 1.165) is 25.7 Å². The van der Waals surface area contributed by atoms with Crippen LogP contribution in [0.5, 0.6) is 0 Å². The minimum atomic E-state index is -1.44. The summed E-state index contributed by atoms with van der Waals surface area (Å²) >= 11 is 0. The fraction of sp³-hybridized carbons (Fsp3) is 0.833. The topological polar surface area (TPSA) is 142 Å². The van der Waals surface area contributed by atoms with Gasteiger partial charge in [0.25, 0.3) is 0 Å². The number of rotatable bonds is 17. The summed E-state index contributed by atoms with van der Waals surface area (Å²) in [7, 11) is -2.86. The SMILES string of the molecule is CCCCOC(=O)[C@@H]1OB(B2O[C@@H](C(=O)OCCCC)[C@H](C(=O)OCCCC)O2)O[C@H]1C(=O)OCCCC. The van der Waals surface area contributed by atoms with E-state index in [1.165, 1.54) is 0 Å². The van der Waals surface area contributed by atoms with E-state index >= 15 is 0 Å². The van der Waals surface area contributed by atoms with Crippen LogP contribution in [0.25, 0.3) is 0 Å². The van der Waals surface area contributed by atoms with Crippen LogP contribution in [-0.4, -0.2) is 88.7 Å². The van der Waals surface area contributed by atoms with Gasteiger partial charge in [-0.2, -0.15) is 0 Å². The number of carbonyl (C=O) groups excluding carboxylic acids is 4. The van der Waals surface area contributed by atoms with E-state index in [0.29, 0.717) is 25.7 Å². The van der Waals surface area contributed by atoms with Gasteiger partial charge < -0.3 is 37.6 Å². The number of hydrogen-bond acceptors (Lipinski definition) is 12. The highest BCUT2D eigenvalue weighted by molar-refractivity contribution is 7.11. The molecule has 0 N–H and O–H groups in total. The predicted molar refractivity (Wildman–Crippen MR) is 134 cm³/mol. The predicted octanol–water partition coefficient (Wildman–Crippen LogP) is 1.98. The molecule has 0 saturated carbocycles. The summed E-state index contributed by atoms with van der Waals surface area (Å²) in [5.74, 6) is -3.21. The third-order valence-electron chi connectivity index (χ3n) is 5.79. The first-order chi connectivity index (χ1) is 18.4. The molecule has 0 aromatic rings. The third-order valence-corrected chi connectivity index (χ3v) is 5.79. The van der Waals surface area contributed by atoms with Crippen LogP contribution >= 0.6 is 0 Å². The fourth-order valence-electron chi connectivity index (χ4n) is 3.50. The summed E-state index contributed by atoms with van der Waals surface area (Å²) in [5, 5.41) is 0. The molecule has 0 bridgehead atoms. The second-order valence-corrected chi connectivity index (χ2v) is 9.05. The smallest absolute Gasteiger partial charge is 0.464 e. The van der Waals surface area contributed by atoms with Crippen molar-refractivity contribution in [2.45, 2.75) is 103 Å². The van der Waals surface area contributed by atoms with Crippen LogP contribution in [0.1, 0.15) is 79.1 Å². The van der Waals surface area contributed by atoms with Crippen molar-refractivity contribution in [1.29, 1.82) is 0 Å². The largest absolute Gasteiger partial charge is 0.489 e. The Labute approximate surface area is 224 Å². The molecule has 2 saturated heterocycles. The molecule has 14 heteroatoms. The van der Waals surface area contributed by atoms with Crippen LogP contribution in [-0.2, 0) is 56.7 Å². The highest BCUT2D eigenvalue weighted by atomic mass is 16.7. The highest BCUT2D eigenvalue weighted by Gasteiger charge is 2.61. The van der Waals surface area contributed by atoms with E-state index in [1.54, 1.807) is 0 Å². The Hall–Kier alpha value is -2.15. The van der Waals surface area contributed by atoms with Crippen molar-refractivity contribution < 1.29 is 56.7 Å². The van der Waals surface area contributed by atoms with E-state index in [9.17, 15) is 19.2 Å². The molecule has 12 nitrogen and oxygen atoms in total. The molecule has 2 fully saturated rings. The standard InChI is InChI=1S/C24H40B2O12/c1-5-9-13-31-21(27)17-18(22(28)32-14-10-6-2)36-25(35-17)26-37-19(23(29)33-15-11-7-3)20(38-26)24(30)34-16-12-8-4/h17-20H,5-16H2,1-4H3/t17-,18-,19-,20-/m1/s1. The van der Waals surface area contributed by atoms with Gasteiger partial charge in [0.2, 0.25) is 0 Å². The zero-order chi connectivity index (χ0) is 27.9. The normalized spacial score (nSPS) is 22.8. The lowest BCUT2D eigenvalue weighted by Gasteiger charge is -2.16. The van der Waals surface area contributed by atoms with Crippen molar-refractivity contribution in [3.05, 3.63) is 0 Å². The summed E-state index contributed by atoms with van der Waals surface area (Å²) in [6.07, 6.45) is -0.0319. The van der Waals surface area contributed by atoms with Gasteiger partial charge in [0, 0.05) is 0 Å². The number of carbonyl (C=O) groups is 4. The number of hydrogen-bond donors (Lipinski definition) is 0. The zero-order valence-corrected chi connectivity index (χ0v) is 22.8. The van der Waals surface area contributed by atoms with Crippen LogP contribution in [0, 0.1) is 0 Å². The Kier molecular flexibility index (Phi) is 14.7. The first-order valence-electron chi connectivity index (χ1n) is 13.7. The Morgan fingerprint density at radius 2 is 0.684 bits per heavy atom. The fourth-order valence-corrected chi connectivity index (χ4v) is 3.50. The molecule has 0 aliphatic carbocycles. The van der Waals surface area contributed by atoms with Gasteiger partial charge in [0.1, 0.15) is 0 Å². The number of esters is 4. The minimum absolute atomic E-state index is 0.144. The van der Waals surface area contributed by atoms with Gasteiger partial charge in [-0.1, -0.05) is 53.4 Å². The highest BCUT2D eigenvalue weighted by Crippen LogP contribution is 2.28. The monoisotopic (exact) mass is 542 g/mol. The molecular formula is C24H40B2O12. The molecule has 0 radical (unpaired) electrons. The van der Waals surface area contributed by atoms with Gasteiger partial charge in [-0.25, -0.2) is 19.2 Å². The lowest BCUT2D eigenvalue weighted by atomic mass is 9.49. The molecule has 2 aliphatic rings. The van der Waals surface area contributed by atoms with Crippen LogP contribution in [0.3, 0.4) is 0 Å². The Morgan fingerprint density at radius 3 is 0.868 bits per heavy atom. The Balaban J connectivity index is 2.15. The third kappa shape index (κ3) is 9.55. The van der Waals surface area contributed by atoms with Gasteiger partial charge in [0.15, 0.2) is 24.4 Å². The van der Waals surface area contributed by atoms with Crippen molar-refractivity contribution in [3.63, 3.8) is 0 Å². The summed E-state index contributed by atoms with van der Waals surface area (Å²) in [4.78, 5) is 50.8. The maximum Gasteiger partial charge on any atom is 0.489 e. The number of unbranched alkanes of at least 4 members (excludes halogenated alkanes) is 4. The molecule has 0 amide bonds. The summed E-state index contributed by atoms with van der Waals surface area (Å²) in [6.45, 7) is 8.33. The van der Waals surface area contributed by atoms with E-state index in [4.69, 9.17) is 37.6 Å². The lowest BCUT2D eigenvalue weighted by molar-refractivity contribution is -0.163. The molecule has 214 valence electrons. The summed E-state index contributed by atoms with van der Waals surface area (Å²) in [6, 6.07) is 0. The zero-order valence-electron chi connectivity index (χ0n) is 22.8. The molecule has 2 rings (SSSR count). The molecule has 2 heterocycles. The molecular weight excluding hydrogens is 502 g/mol. The maximum atomic E-state index is 12.7. The summed E-state index contributed by atoms with van der Waals surface area (Å²) < 4.78 is 43.6. The van der Waals surface area contributed by atoms with Crippen molar-refractivity contribution in [2.75, 3.05) is 26.4 Å².